The Kier molecular flexibility index (Phi) is 10.2. The fourth-order valence-electron chi connectivity index (χ4n) is 7.31. The molecular weight excluding hydrogens is 597 g/mol. The number of thiazole rings is 1. The third-order valence-electron chi connectivity index (χ3n) is 10.1. The van der Waals surface area contributed by atoms with Crippen LogP contribution in [0, 0.1) is 17.3 Å². The van der Waals surface area contributed by atoms with Crippen LogP contribution in [0.25, 0.3) is 10.4 Å². The maximum absolute atomic E-state index is 6.57. The summed E-state index contributed by atoms with van der Waals surface area (Å²) in [6.07, 6.45) is 12.4. The van der Waals surface area contributed by atoms with Gasteiger partial charge in [0, 0.05) is 40.4 Å². The summed E-state index contributed by atoms with van der Waals surface area (Å²) in [7, 11) is 0. The van der Waals surface area contributed by atoms with Crippen molar-refractivity contribution in [3.05, 3.63) is 57.9 Å². The molecule has 5 nitrogen and oxygen atoms in total. The van der Waals surface area contributed by atoms with Crippen LogP contribution in [0.1, 0.15) is 147 Å². The molecule has 3 heterocycles. The number of aromatic nitrogens is 2. The van der Waals surface area contributed by atoms with Crippen molar-refractivity contribution in [1.82, 2.24) is 14.9 Å². The highest BCUT2D eigenvalue weighted by Crippen LogP contribution is 2.40. The minimum atomic E-state index is -0.0731. The van der Waals surface area contributed by atoms with Gasteiger partial charge in [0.2, 0.25) is 0 Å². The van der Waals surface area contributed by atoms with Crippen molar-refractivity contribution in [2.75, 3.05) is 18.8 Å². The van der Waals surface area contributed by atoms with Crippen LogP contribution >= 0.6 is 11.3 Å². The quantitative estimate of drug-likeness (QED) is 0.277. The fourth-order valence-corrected chi connectivity index (χ4v) is 8.38. The molecule has 0 amide bonds. The Bertz CT molecular complexity index is 1610. The standard InChI is InChI=1S/C41H58N4OS/c1-38(2,3)32-23-28(14-19-41(10)17-12-11-13-18-41)22-31(35(32)39(4,5)6)27-46-33-24-30(25-43-36(33)42)34-26-44-37(47-34)29-15-20-45(21-16-29)40(7,8)9/h22-26,29H,11-13,15-18,20-21,27H2,1-10H3,(H2,42,43). The predicted molar refractivity (Wildman–Crippen MR) is 199 cm³/mol. The maximum Gasteiger partial charge on any atom is 0.166 e. The molecule has 3 aromatic rings. The lowest BCUT2D eigenvalue weighted by molar-refractivity contribution is 0.102. The number of hydrogen-bond acceptors (Lipinski definition) is 6. The topological polar surface area (TPSA) is 64.3 Å². The Morgan fingerprint density at radius 3 is 2.21 bits per heavy atom. The molecule has 1 aliphatic heterocycles. The lowest BCUT2D eigenvalue weighted by Crippen LogP contribution is -2.45. The van der Waals surface area contributed by atoms with Crippen molar-refractivity contribution in [1.29, 1.82) is 0 Å². The van der Waals surface area contributed by atoms with Gasteiger partial charge in [0.1, 0.15) is 6.61 Å². The second-order valence-electron chi connectivity index (χ2n) is 17.3. The van der Waals surface area contributed by atoms with E-state index in [4.69, 9.17) is 15.5 Å². The van der Waals surface area contributed by atoms with Crippen molar-refractivity contribution < 1.29 is 4.74 Å². The highest BCUT2D eigenvalue weighted by Gasteiger charge is 2.31. The van der Waals surface area contributed by atoms with Crippen LogP contribution in [0.4, 0.5) is 5.82 Å². The Morgan fingerprint density at radius 1 is 0.915 bits per heavy atom. The van der Waals surface area contributed by atoms with Crippen LogP contribution in [0.2, 0.25) is 0 Å². The van der Waals surface area contributed by atoms with Crippen LogP contribution < -0.4 is 10.5 Å². The molecule has 6 heteroatoms. The average Bonchev–Trinajstić information content (AvgIpc) is 3.49. The molecule has 1 aliphatic carbocycles. The van der Waals surface area contributed by atoms with Gasteiger partial charge in [-0.1, -0.05) is 72.6 Å². The van der Waals surface area contributed by atoms with Crippen LogP contribution in [0.5, 0.6) is 5.75 Å². The maximum atomic E-state index is 6.57. The zero-order valence-corrected chi connectivity index (χ0v) is 31.6. The van der Waals surface area contributed by atoms with Crippen molar-refractivity contribution in [2.45, 2.75) is 143 Å². The highest BCUT2D eigenvalue weighted by molar-refractivity contribution is 7.15. The smallest absolute Gasteiger partial charge is 0.166 e. The number of hydrogen-bond donors (Lipinski definition) is 1. The van der Waals surface area contributed by atoms with Gasteiger partial charge in [0.25, 0.3) is 0 Å². The van der Waals surface area contributed by atoms with Gasteiger partial charge >= 0.3 is 0 Å². The summed E-state index contributed by atoms with van der Waals surface area (Å²) >= 11 is 1.78. The molecular formula is C41H58N4OS. The monoisotopic (exact) mass is 654 g/mol. The zero-order valence-electron chi connectivity index (χ0n) is 30.8. The summed E-state index contributed by atoms with van der Waals surface area (Å²) in [5.74, 6) is 8.83. The van der Waals surface area contributed by atoms with Crippen molar-refractivity contribution >= 4 is 17.2 Å². The highest BCUT2D eigenvalue weighted by atomic mass is 32.1. The number of nitrogens with zero attached hydrogens (tertiary/aromatic N) is 3. The molecule has 254 valence electrons. The number of anilines is 1. The van der Waals surface area contributed by atoms with E-state index in [1.807, 2.05) is 18.5 Å². The first-order valence-corrected chi connectivity index (χ1v) is 18.6. The molecule has 2 N–H and O–H groups in total. The van der Waals surface area contributed by atoms with E-state index >= 15 is 0 Å². The Balaban J connectivity index is 1.41. The molecule has 0 unspecified atom stereocenters. The van der Waals surface area contributed by atoms with Gasteiger partial charge in [-0.3, -0.25) is 4.90 Å². The molecule has 2 fully saturated rings. The van der Waals surface area contributed by atoms with Crippen molar-refractivity contribution in [3.63, 3.8) is 0 Å². The van der Waals surface area contributed by atoms with Gasteiger partial charge in [0.05, 0.1) is 9.88 Å². The number of piperidine rings is 1. The zero-order chi connectivity index (χ0) is 34.2. The number of nitrogens with two attached hydrogens (primary N) is 1. The molecule has 47 heavy (non-hydrogen) atoms. The van der Waals surface area contributed by atoms with Crippen LogP contribution in [-0.2, 0) is 17.4 Å². The van der Waals surface area contributed by atoms with E-state index in [9.17, 15) is 0 Å². The van der Waals surface area contributed by atoms with E-state index in [0.29, 0.717) is 24.1 Å². The minimum absolute atomic E-state index is 0.0441. The molecule has 2 aliphatic rings. The predicted octanol–water partition coefficient (Wildman–Crippen LogP) is 10.3. The van der Waals surface area contributed by atoms with Gasteiger partial charge in [0.15, 0.2) is 11.6 Å². The summed E-state index contributed by atoms with van der Waals surface area (Å²) in [6, 6.07) is 6.62. The number of nitrogen functional groups attached to an aromatic ring is 1. The van der Waals surface area contributed by atoms with Gasteiger partial charge < -0.3 is 10.5 Å². The summed E-state index contributed by atoms with van der Waals surface area (Å²) in [5, 5.41) is 1.22. The second kappa shape index (κ2) is 13.6. The number of rotatable bonds is 5. The Hall–Kier alpha value is -2.88. The van der Waals surface area contributed by atoms with E-state index in [1.165, 1.54) is 48.2 Å². The van der Waals surface area contributed by atoms with Gasteiger partial charge in [-0.2, -0.15) is 0 Å². The second-order valence-corrected chi connectivity index (χ2v) is 18.4. The minimum Gasteiger partial charge on any atom is -0.485 e. The van der Waals surface area contributed by atoms with E-state index in [-0.39, 0.29) is 21.8 Å². The number of likely N-dealkylation sites (tertiary alicyclic amines) is 1. The summed E-state index contributed by atoms with van der Waals surface area (Å²) < 4.78 is 6.57. The third-order valence-corrected chi connectivity index (χ3v) is 11.3. The SMILES string of the molecule is CC1(C#Cc2cc(COc3cc(-c4cnc(C5CCN(C(C)(C)C)CC5)s4)cnc3N)c(C(C)(C)C)c(C(C)(C)C)c2)CCCCC1. The Morgan fingerprint density at radius 2 is 1.60 bits per heavy atom. The number of pyridine rings is 1. The largest absolute Gasteiger partial charge is 0.485 e. The van der Waals surface area contributed by atoms with Gasteiger partial charge in [-0.05, 0) is 112 Å². The van der Waals surface area contributed by atoms with E-state index in [2.05, 4.69) is 103 Å². The van der Waals surface area contributed by atoms with E-state index in [1.54, 1.807) is 11.3 Å². The third kappa shape index (κ3) is 8.59. The normalized spacial score (nSPS) is 18.1. The molecule has 2 aromatic heterocycles. The lowest BCUT2D eigenvalue weighted by Gasteiger charge is -2.40. The number of ether oxygens (including phenoxy) is 1. The molecule has 0 radical (unpaired) electrons. The molecule has 5 rings (SSSR count). The van der Waals surface area contributed by atoms with Crippen LogP contribution in [0.3, 0.4) is 0 Å². The van der Waals surface area contributed by atoms with Crippen molar-refractivity contribution in [3.8, 4) is 28.0 Å². The Labute approximate surface area is 289 Å². The molecule has 0 bridgehead atoms. The molecule has 0 atom stereocenters. The molecule has 1 saturated carbocycles. The summed E-state index contributed by atoms with van der Waals surface area (Å²) in [4.78, 5) is 13.1. The summed E-state index contributed by atoms with van der Waals surface area (Å²) in [6.45, 7) is 25.6. The first-order valence-electron chi connectivity index (χ1n) is 17.7. The first-order chi connectivity index (χ1) is 21.9. The molecule has 1 aromatic carbocycles. The first kappa shape index (κ1) is 35.4. The molecule has 0 spiro atoms. The van der Waals surface area contributed by atoms with E-state index < -0.39 is 0 Å². The van der Waals surface area contributed by atoms with E-state index in [0.717, 1.165) is 47.5 Å². The van der Waals surface area contributed by atoms with Gasteiger partial charge in [-0.15, -0.1) is 11.3 Å². The average molecular weight is 655 g/mol. The fraction of sp³-hybridized carbons (Fsp3) is 0.610. The summed E-state index contributed by atoms with van der Waals surface area (Å²) in [5.41, 5.74) is 12.5. The van der Waals surface area contributed by atoms with Crippen LogP contribution in [-0.4, -0.2) is 33.5 Å². The lowest BCUT2D eigenvalue weighted by atomic mass is 9.72. The van der Waals surface area contributed by atoms with Gasteiger partial charge in [-0.25, -0.2) is 9.97 Å². The van der Waals surface area contributed by atoms with Crippen LogP contribution in [0.15, 0.2) is 30.6 Å². The number of benzene rings is 1. The molecule has 1 saturated heterocycles. The van der Waals surface area contributed by atoms with Crippen molar-refractivity contribution in [2.24, 2.45) is 5.41 Å².